The van der Waals surface area contributed by atoms with Crippen molar-refractivity contribution in [1.82, 2.24) is 19.9 Å². The van der Waals surface area contributed by atoms with Crippen molar-refractivity contribution in [3.63, 3.8) is 0 Å². The van der Waals surface area contributed by atoms with E-state index < -0.39 is 0 Å². The topological polar surface area (TPSA) is 80.4 Å². The van der Waals surface area contributed by atoms with Gasteiger partial charge in [-0.1, -0.05) is 12.1 Å². The molecule has 0 unspecified atom stereocenters. The lowest BCUT2D eigenvalue weighted by Crippen LogP contribution is -2.40. The fourth-order valence-corrected chi connectivity index (χ4v) is 2.85. The van der Waals surface area contributed by atoms with Crippen molar-refractivity contribution >= 4 is 11.9 Å². The van der Waals surface area contributed by atoms with E-state index in [1.54, 1.807) is 17.0 Å². The van der Waals surface area contributed by atoms with Crippen LogP contribution in [-0.2, 0) is 4.74 Å². The molecule has 1 aliphatic rings. The zero-order valence-electron chi connectivity index (χ0n) is 14.7. The van der Waals surface area contributed by atoms with Crippen LogP contribution in [0, 0.1) is 5.82 Å². The van der Waals surface area contributed by atoms with Gasteiger partial charge in [0.2, 0.25) is 11.9 Å². The number of hydrogen-bond acceptors (Lipinski definition) is 7. The first-order valence-electron chi connectivity index (χ1n) is 8.24. The quantitative estimate of drug-likeness (QED) is 0.904. The Morgan fingerprint density at radius 1 is 1.24 bits per heavy atom. The number of aromatic nitrogens is 3. The summed E-state index contributed by atoms with van der Waals surface area (Å²) in [5, 5.41) is 0. The first-order valence-corrected chi connectivity index (χ1v) is 8.24. The SMILES string of the molecule is C[C@H](c1nc(N)nc(N(C)C)n1)N1CCO[C@@H](c2ccc(F)cc2)C1. The normalized spacial score (nSPS) is 19.6. The molecule has 2 heterocycles. The van der Waals surface area contributed by atoms with Crippen LogP contribution in [0.4, 0.5) is 16.3 Å². The lowest BCUT2D eigenvalue weighted by atomic mass is 10.1. The Bertz CT molecular complexity index is 724. The maximum absolute atomic E-state index is 13.1. The molecule has 0 saturated carbocycles. The van der Waals surface area contributed by atoms with Crippen molar-refractivity contribution in [2.24, 2.45) is 0 Å². The molecule has 1 saturated heterocycles. The van der Waals surface area contributed by atoms with Gasteiger partial charge >= 0.3 is 0 Å². The molecule has 1 aliphatic heterocycles. The van der Waals surface area contributed by atoms with Gasteiger partial charge in [-0.25, -0.2) is 4.39 Å². The van der Waals surface area contributed by atoms with Gasteiger partial charge in [0.25, 0.3) is 0 Å². The number of morpholine rings is 1. The molecular weight excluding hydrogens is 323 g/mol. The molecular formula is C17H23FN6O. The van der Waals surface area contributed by atoms with Crippen molar-refractivity contribution in [1.29, 1.82) is 0 Å². The number of rotatable bonds is 4. The van der Waals surface area contributed by atoms with Gasteiger partial charge < -0.3 is 15.4 Å². The van der Waals surface area contributed by atoms with Crippen LogP contribution in [-0.4, -0.2) is 53.6 Å². The highest BCUT2D eigenvalue weighted by Crippen LogP contribution is 2.28. The summed E-state index contributed by atoms with van der Waals surface area (Å²) in [5.41, 5.74) is 6.79. The van der Waals surface area contributed by atoms with E-state index in [-0.39, 0.29) is 23.9 Å². The summed E-state index contributed by atoms with van der Waals surface area (Å²) in [4.78, 5) is 17.0. The molecule has 0 amide bonds. The third kappa shape index (κ3) is 4.02. The van der Waals surface area contributed by atoms with E-state index >= 15 is 0 Å². The second-order valence-corrected chi connectivity index (χ2v) is 6.33. The third-order valence-electron chi connectivity index (χ3n) is 4.32. The molecule has 7 nitrogen and oxygen atoms in total. The average Bonchev–Trinajstić information content (AvgIpc) is 2.61. The Hall–Kier alpha value is -2.32. The highest BCUT2D eigenvalue weighted by atomic mass is 19.1. The zero-order chi connectivity index (χ0) is 18.0. The standard InChI is InChI=1S/C17H23FN6O/c1-11(15-20-16(19)22-17(21-15)23(2)3)24-8-9-25-14(10-24)12-4-6-13(18)7-5-12/h4-7,11,14H,8-10H2,1-3H3,(H2,19,20,21,22)/t11-,14-/m1/s1. The minimum absolute atomic E-state index is 0.0316. The Morgan fingerprint density at radius 2 is 1.96 bits per heavy atom. The number of anilines is 2. The minimum atomic E-state index is -0.248. The van der Waals surface area contributed by atoms with E-state index in [1.807, 2.05) is 21.0 Å². The average molecular weight is 346 g/mol. The van der Waals surface area contributed by atoms with Crippen LogP contribution in [0.2, 0.25) is 0 Å². The Morgan fingerprint density at radius 3 is 2.64 bits per heavy atom. The van der Waals surface area contributed by atoms with Gasteiger partial charge in [0, 0.05) is 27.2 Å². The fraction of sp³-hybridized carbons (Fsp3) is 0.471. The largest absolute Gasteiger partial charge is 0.371 e. The molecule has 134 valence electrons. The molecule has 0 spiro atoms. The Labute approximate surface area is 146 Å². The highest BCUT2D eigenvalue weighted by Gasteiger charge is 2.28. The lowest BCUT2D eigenvalue weighted by Gasteiger charge is -2.36. The van der Waals surface area contributed by atoms with Crippen LogP contribution >= 0.6 is 0 Å². The predicted octanol–water partition coefficient (Wildman–Crippen LogP) is 1.79. The summed E-state index contributed by atoms with van der Waals surface area (Å²) in [5.74, 6) is 1.14. The minimum Gasteiger partial charge on any atom is -0.371 e. The molecule has 8 heteroatoms. The second-order valence-electron chi connectivity index (χ2n) is 6.33. The van der Waals surface area contributed by atoms with Gasteiger partial charge in [0.05, 0.1) is 18.8 Å². The van der Waals surface area contributed by atoms with E-state index in [2.05, 4.69) is 19.9 Å². The van der Waals surface area contributed by atoms with Crippen molar-refractivity contribution in [2.45, 2.75) is 19.1 Å². The highest BCUT2D eigenvalue weighted by molar-refractivity contribution is 5.33. The van der Waals surface area contributed by atoms with Crippen LogP contribution in [0.25, 0.3) is 0 Å². The Balaban J connectivity index is 1.78. The summed E-state index contributed by atoms with van der Waals surface area (Å²) >= 11 is 0. The van der Waals surface area contributed by atoms with Gasteiger partial charge in [-0.2, -0.15) is 15.0 Å². The summed E-state index contributed by atoms with van der Waals surface area (Å²) in [7, 11) is 3.73. The summed E-state index contributed by atoms with van der Waals surface area (Å²) in [6.45, 7) is 4.08. The van der Waals surface area contributed by atoms with Crippen LogP contribution < -0.4 is 10.6 Å². The molecule has 2 atom stereocenters. The lowest BCUT2D eigenvalue weighted by molar-refractivity contribution is -0.0442. The zero-order valence-corrected chi connectivity index (χ0v) is 14.7. The smallest absolute Gasteiger partial charge is 0.229 e. The molecule has 0 radical (unpaired) electrons. The Kier molecular flexibility index (Phi) is 5.10. The third-order valence-corrected chi connectivity index (χ3v) is 4.32. The molecule has 0 aliphatic carbocycles. The number of nitrogens with zero attached hydrogens (tertiary/aromatic N) is 5. The molecule has 25 heavy (non-hydrogen) atoms. The van der Waals surface area contributed by atoms with Gasteiger partial charge in [0.15, 0.2) is 5.82 Å². The maximum atomic E-state index is 13.1. The first-order chi connectivity index (χ1) is 11.9. The van der Waals surface area contributed by atoms with Crippen molar-refractivity contribution in [2.75, 3.05) is 44.4 Å². The molecule has 2 aromatic rings. The molecule has 2 N–H and O–H groups in total. The fourth-order valence-electron chi connectivity index (χ4n) is 2.85. The van der Waals surface area contributed by atoms with Crippen LogP contribution in [0.5, 0.6) is 0 Å². The van der Waals surface area contributed by atoms with E-state index in [0.717, 1.165) is 12.1 Å². The molecule has 1 fully saturated rings. The summed E-state index contributed by atoms with van der Waals surface area (Å²) in [6, 6.07) is 6.41. The van der Waals surface area contributed by atoms with Gasteiger partial charge in [-0.05, 0) is 24.6 Å². The number of nitrogen functional groups attached to an aromatic ring is 1. The summed E-state index contributed by atoms with van der Waals surface area (Å²) in [6.07, 6.45) is -0.107. The van der Waals surface area contributed by atoms with Gasteiger partial charge in [0.1, 0.15) is 5.82 Å². The summed E-state index contributed by atoms with van der Waals surface area (Å²) < 4.78 is 19.0. The van der Waals surface area contributed by atoms with E-state index in [9.17, 15) is 4.39 Å². The van der Waals surface area contributed by atoms with Gasteiger partial charge in [-0.15, -0.1) is 0 Å². The van der Waals surface area contributed by atoms with Crippen molar-refractivity contribution in [3.8, 4) is 0 Å². The number of ether oxygens (including phenoxy) is 1. The second kappa shape index (κ2) is 7.28. The molecule has 1 aromatic carbocycles. The molecule has 3 rings (SSSR count). The molecule has 0 bridgehead atoms. The monoisotopic (exact) mass is 346 g/mol. The first kappa shape index (κ1) is 17.5. The van der Waals surface area contributed by atoms with Crippen LogP contribution in [0.3, 0.4) is 0 Å². The molecule has 1 aromatic heterocycles. The van der Waals surface area contributed by atoms with E-state index in [4.69, 9.17) is 10.5 Å². The predicted molar refractivity (Wildman–Crippen MR) is 93.6 cm³/mol. The van der Waals surface area contributed by atoms with Gasteiger partial charge in [-0.3, -0.25) is 4.90 Å². The van der Waals surface area contributed by atoms with E-state index in [1.165, 1.54) is 12.1 Å². The van der Waals surface area contributed by atoms with Crippen molar-refractivity contribution < 1.29 is 9.13 Å². The number of halogens is 1. The number of nitrogens with two attached hydrogens (primary N) is 1. The maximum Gasteiger partial charge on any atom is 0.229 e. The van der Waals surface area contributed by atoms with E-state index in [0.29, 0.717) is 24.9 Å². The van der Waals surface area contributed by atoms with Crippen molar-refractivity contribution in [3.05, 3.63) is 41.5 Å². The number of benzene rings is 1. The van der Waals surface area contributed by atoms with Crippen LogP contribution in [0.15, 0.2) is 24.3 Å². The van der Waals surface area contributed by atoms with Crippen LogP contribution in [0.1, 0.15) is 30.5 Å². The number of hydrogen-bond donors (Lipinski definition) is 1.